The predicted octanol–water partition coefficient (Wildman–Crippen LogP) is 3.11. The molecule has 670 valence electrons. The van der Waals surface area contributed by atoms with Crippen LogP contribution >= 0.6 is 32.9 Å². The summed E-state index contributed by atoms with van der Waals surface area (Å²) in [4.78, 5) is 225. The molecule has 1 saturated heterocycles. The lowest BCUT2D eigenvalue weighted by Gasteiger charge is -2.39. The Bertz CT molecular complexity index is 3990. The molecule has 1 aromatic heterocycles. The predicted molar refractivity (Wildman–Crippen MR) is 437 cm³/mol. The summed E-state index contributed by atoms with van der Waals surface area (Å²) in [5.41, 5.74) is 5.86. The number of aromatic hydroxyl groups is 1. The number of nitrogens with one attached hydrogen (secondary N) is 11. The molecule has 1 aliphatic heterocycles. The van der Waals surface area contributed by atoms with Crippen LogP contribution in [-0.4, -0.2) is 256 Å². The number of benzene rings is 2. The van der Waals surface area contributed by atoms with E-state index in [0.717, 1.165) is 52.3 Å². The Kier molecular flexibility index (Phi) is 45.2. The molecule has 1 fully saturated rings. The second-order valence-corrected chi connectivity index (χ2v) is 32.8. The average molecular weight is 1760 g/mol. The van der Waals surface area contributed by atoms with E-state index in [1.807, 2.05) is 46.6 Å². The second kappa shape index (κ2) is 53.5. The molecule has 0 radical (unpaired) electrons. The third-order valence-electron chi connectivity index (χ3n) is 19.3. The minimum atomic E-state index is -2.00. The van der Waals surface area contributed by atoms with Crippen molar-refractivity contribution in [2.75, 3.05) is 45.0 Å². The minimum absolute atomic E-state index is 0.0116. The number of carbonyl (C=O) groups is 17. The molecule has 3 aromatic rings. The van der Waals surface area contributed by atoms with E-state index in [2.05, 4.69) is 63.7 Å². The van der Waals surface area contributed by atoms with Gasteiger partial charge < -0.3 is 103 Å². The molecule has 2 aromatic carbocycles. The van der Waals surface area contributed by atoms with Gasteiger partial charge >= 0.3 is 59.9 Å². The van der Waals surface area contributed by atoms with Gasteiger partial charge in [0.2, 0.25) is 35.4 Å². The van der Waals surface area contributed by atoms with E-state index in [1.54, 1.807) is 12.1 Å². The normalized spacial score (nSPS) is 15.3. The monoisotopic (exact) mass is 1760 g/mol. The number of thiazole rings is 1. The van der Waals surface area contributed by atoms with Gasteiger partial charge in [0, 0.05) is 67.2 Å². The van der Waals surface area contributed by atoms with Gasteiger partial charge in [0.05, 0.1) is 25.3 Å². The molecule has 0 aliphatic carbocycles. The van der Waals surface area contributed by atoms with Crippen molar-refractivity contribution in [3.8, 4) is 5.75 Å². The number of hydrogen-bond acceptors (Lipinski definition) is 26. The molecule has 0 saturated carbocycles. The van der Waals surface area contributed by atoms with Crippen molar-refractivity contribution in [2.45, 2.75) is 224 Å². The highest BCUT2D eigenvalue weighted by Gasteiger charge is 2.40. The van der Waals surface area contributed by atoms with Crippen LogP contribution in [0.5, 0.6) is 5.75 Å². The second-order valence-electron chi connectivity index (χ2n) is 29.3. The van der Waals surface area contributed by atoms with E-state index in [-0.39, 0.29) is 130 Å². The number of ether oxygens (including phenoxy) is 2. The number of likely N-dealkylation sites (N-methyl/N-ethyl adjacent to an activating group) is 1. The van der Waals surface area contributed by atoms with Gasteiger partial charge in [0.1, 0.15) is 65.4 Å². The van der Waals surface area contributed by atoms with Gasteiger partial charge in [-0.1, -0.05) is 112 Å². The molecule has 2 heterocycles. The van der Waals surface area contributed by atoms with Gasteiger partial charge in [-0.2, -0.15) is 0 Å². The lowest BCUT2D eigenvalue weighted by atomic mass is 9.92. The number of amides is 12. The third-order valence-corrected chi connectivity index (χ3v) is 22.6. The maximum atomic E-state index is 14.8. The van der Waals surface area contributed by atoms with E-state index in [4.69, 9.17) is 14.6 Å². The van der Waals surface area contributed by atoms with Crippen LogP contribution in [0.2, 0.25) is 0 Å². The lowest BCUT2D eigenvalue weighted by molar-refractivity contribution is -0.159. The number of phenolic OH excluding ortho intramolecular Hbond substituents is 1. The number of esters is 1. The molecule has 0 bridgehead atoms. The number of urea groups is 2. The number of phenols is 1. The van der Waals surface area contributed by atoms with Gasteiger partial charge in [-0.3, -0.25) is 63.1 Å². The van der Waals surface area contributed by atoms with Crippen LogP contribution in [0.15, 0.2) is 53.9 Å². The number of hydrogen-bond donors (Lipinski definition) is 19. The molecule has 19 N–H and O–H groups in total. The Morgan fingerprint density at radius 1 is 0.628 bits per heavy atom. The third kappa shape index (κ3) is 38.4. The SMILES string of the molecule is CCCC(=O)OCN(C(=O)[C@@H](NC(=O)[C@H]1CCCCN1C)C(C)CC)[C@H](C[C@@H](O)c1nc(C(=O)N[C@@H](Cc2ccc(O)cc2)C[C@H](C)C(=O)NNC(=O)OCCSSC[C@H](NC(=O)[C@H](CC(=O)O)NC(=O)[C@H](CC(=O)O)NC(=O)Cc2ccc(CNC(=O)NCCCC[C@@H](NC(=O)N[C@H](CCCC(=O)O)C(=O)O)C(=O)O)cc2)C(=O)O)cs1)C(C)C. The van der Waals surface area contributed by atoms with Crippen molar-refractivity contribution >= 4 is 134 Å². The summed E-state index contributed by atoms with van der Waals surface area (Å²) in [6.07, 6.45) is -1.74. The number of nitrogens with zero attached hydrogens (tertiary/aromatic N) is 3. The number of unbranched alkanes of at least 4 members (excludes halogenated alkanes) is 1. The summed E-state index contributed by atoms with van der Waals surface area (Å²) in [5.74, 6) is -17.0. The van der Waals surface area contributed by atoms with E-state index in [9.17, 15) is 117 Å². The Hall–Kier alpha value is -11.1. The number of carboxylic acids is 6. The van der Waals surface area contributed by atoms with E-state index >= 15 is 0 Å². The molecule has 12 amide bonds. The van der Waals surface area contributed by atoms with Gasteiger partial charge in [0.25, 0.3) is 5.91 Å². The quantitative estimate of drug-likeness (QED) is 0.0127. The molecule has 41 nitrogen and oxygen atoms in total. The first-order chi connectivity index (χ1) is 57.3. The molecular formula is C77H112N14O27S3. The molecule has 0 spiro atoms. The zero-order valence-electron chi connectivity index (χ0n) is 68.3. The fourth-order valence-electron chi connectivity index (χ4n) is 12.4. The maximum Gasteiger partial charge on any atom is 0.426 e. The van der Waals surface area contributed by atoms with Crippen LogP contribution in [-0.2, 0) is 91.2 Å². The smallest absolute Gasteiger partial charge is 0.426 e. The molecular weight excluding hydrogens is 1650 g/mol. The van der Waals surface area contributed by atoms with Crippen LogP contribution in [0, 0.1) is 17.8 Å². The van der Waals surface area contributed by atoms with Crippen molar-refractivity contribution in [1.82, 2.24) is 73.5 Å². The van der Waals surface area contributed by atoms with Crippen LogP contribution in [0.25, 0.3) is 0 Å². The van der Waals surface area contributed by atoms with Crippen LogP contribution in [0.4, 0.5) is 14.4 Å². The zero-order valence-corrected chi connectivity index (χ0v) is 70.7. The Balaban J connectivity index is 1.25. The van der Waals surface area contributed by atoms with E-state index in [0.29, 0.717) is 36.0 Å². The number of rotatable bonds is 54. The topological polar surface area (TPSA) is 622 Å². The number of hydrazine groups is 1. The van der Waals surface area contributed by atoms with Crippen molar-refractivity contribution in [2.24, 2.45) is 17.8 Å². The molecule has 1 unspecified atom stereocenters. The summed E-state index contributed by atoms with van der Waals surface area (Å²) in [5, 5.41) is 102. The highest BCUT2D eigenvalue weighted by Crippen LogP contribution is 2.30. The van der Waals surface area contributed by atoms with Gasteiger partial charge in [-0.15, -0.1) is 11.3 Å². The molecule has 121 heavy (non-hydrogen) atoms. The number of aliphatic hydroxyl groups excluding tert-OH is 1. The fraction of sp³-hybridized carbons (Fsp3) is 0.584. The highest BCUT2D eigenvalue weighted by molar-refractivity contribution is 8.76. The number of piperidine rings is 1. The Morgan fingerprint density at radius 2 is 1.23 bits per heavy atom. The summed E-state index contributed by atoms with van der Waals surface area (Å²) in [6, 6.07) is -0.984. The number of aliphatic hydroxyl groups is 1. The fourth-order valence-corrected chi connectivity index (χ4v) is 15.1. The summed E-state index contributed by atoms with van der Waals surface area (Å²) in [6.45, 7) is 10.8. The van der Waals surface area contributed by atoms with Gasteiger partial charge in [-0.25, -0.2) is 39.2 Å². The largest absolute Gasteiger partial charge is 0.508 e. The summed E-state index contributed by atoms with van der Waals surface area (Å²) in [7, 11) is 3.71. The average Bonchev–Trinajstić information content (AvgIpc) is 1.75. The maximum absolute atomic E-state index is 14.8. The molecule has 44 heteroatoms. The van der Waals surface area contributed by atoms with Crippen molar-refractivity contribution in [3.63, 3.8) is 0 Å². The lowest BCUT2D eigenvalue weighted by Crippen LogP contribution is -2.59. The van der Waals surface area contributed by atoms with Gasteiger partial charge in [-0.05, 0) is 118 Å². The molecule has 1 aliphatic rings. The van der Waals surface area contributed by atoms with Crippen LogP contribution in [0.3, 0.4) is 0 Å². The number of likely N-dealkylation sites (tertiary alicyclic amines) is 1. The van der Waals surface area contributed by atoms with Crippen molar-refractivity contribution < 1.29 is 132 Å². The summed E-state index contributed by atoms with van der Waals surface area (Å²) >= 11 is 0.985. The number of aliphatic carboxylic acids is 6. The first-order valence-corrected chi connectivity index (χ1v) is 42.7. The molecule has 12 atom stereocenters. The standard InChI is InChI=1S/C77H112N14O27S3/c1-8-15-63(101)118-41-91(71(107)64(43(5)9-2)87-69(106)56-18-11-13-29-90(56)7)57(42(3)4)37-58(93)70-84-54(39-119-70)68(105)80-48(33-45-24-26-49(92)27-25-45)32-44(6)65(102)88-89-77(116)117-30-31-120-121-40-55(74(112)113)83-67(104)53(36-62(99)100)82-66(103)52(35-61(97)98)81-59(94)34-46-20-22-47(23-21-46)38-79-75(114)78-28-12-10-16-50(72(108)109)85-76(115)86-51(73(110)111)17-14-19-60(95)96/h20-27,39,42-44,48,50-53,55-58,64,92-93H,8-19,28-38,40-41H2,1-7H3,(H,80,105)(H,81,94)(H,82,103)(H,83,104)(H,87,106)(H,88,102)(H,89,116)(H,95,96)(H,97,98)(H,99,100)(H,108,109)(H,110,111)(H,112,113)(H2,78,79,114)(H2,85,86,115)/t43?,44-,48+,50+,51+,52-,53-,55-,56+,57+,58+,64-/m0/s1. The van der Waals surface area contributed by atoms with Crippen molar-refractivity contribution in [3.05, 3.63) is 81.3 Å². The highest BCUT2D eigenvalue weighted by atomic mass is 33.1. The number of carbonyl (C=O) groups excluding carboxylic acids is 11. The number of carboxylic acid groups (broad SMARTS) is 6. The van der Waals surface area contributed by atoms with Crippen LogP contribution < -0.4 is 58.7 Å². The van der Waals surface area contributed by atoms with E-state index in [1.165, 1.54) is 53.6 Å². The Labute approximate surface area is 710 Å². The minimum Gasteiger partial charge on any atom is -0.508 e. The first kappa shape index (κ1) is 102. The Morgan fingerprint density at radius 3 is 1.82 bits per heavy atom. The van der Waals surface area contributed by atoms with E-state index < -0.39 is 188 Å². The number of aromatic nitrogens is 1. The van der Waals surface area contributed by atoms with Gasteiger partial charge in [0.15, 0.2) is 6.73 Å². The molecule has 4 rings (SSSR count). The van der Waals surface area contributed by atoms with Crippen molar-refractivity contribution in [1.29, 1.82) is 0 Å². The van der Waals surface area contributed by atoms with Crippen LogP contribution in [0.1, 0.15) is 183 Å². The summed E-state index contributed by atoms with van der Waals surface area (Å²) < 4.78 is 10.8. The first-order valence-electron chi connectivity index (χ1n) is 39.4. The zero-order chi connectivity index (χ0) is 90.0.